The highest BCUT2D eigenvalue weighted by Gasteiger charge is 2.48. The number of fused-ring (bicyclic) bond motifs is 1. The second kappa shape index (κ2) is 11.1. The van der Waals surface area contributed by atoms with Crippen LogP contribution in [-0.2, 0) is 9.59 Å². The molecule has 0 spiro atoms. The molecule has 0 unspecified atom stereocenters. The maximum absolute atomic E-state index is 13.9. The summed E-state index contributed by atoms with van der Waals surface area (Å²) < 4.78 is 0. The standard InChI is InChI=1S/C36H34N4O2/c1-5-39-33(25-17-21-29(22-18-25)37(3)27-13-9-7-10-14-27)31-32(35(39)41)34(40(6-2)36(31)42)26-19-23-30(24-20-26)38(4)28-15-11-8-12-16-28/h7-24H,5-6H2,1-4H3. The summed E-state index contributed by atoms with van der Waals surface area (Å²) >= 11 is 0. The van der Waals surface area contributed by atoms with Crippen LogP contribution in [0, 0.1) is 0 Å². The Hall–Kier alpha value is -5.10. The first-order valence-corrected chi connectivity index (χ1v) is 14.4. The fourth-order valence-corrected chi connectivity index (χ4v) is 5.89. The lowest BCUT2D eigenvalue weighted by molar-refractivity contribution is -0.124. The van der Waals surface area contributed by atoms with Gasteiger partial charge in [0.25, 0.3) is 11.8 Å². The molecule has 2 heterocycles. The van der Waals surface area contributed by atoms with Gasteiger partial charge in [0, 0.05) is 49.9 Å². The topological polar surface area (TPSA) is 47.1 Å². The number of amides is 2. The zero-order valence-electron chi connectivity index (χ0n) is 24.4. The van der Waals surface area contributed by atoms with Gasteiger partial charge >= 0.3 is 0 Å². The van der Waals surface area contributed by atoms with Gasteiger partial charge in [0.15, 0.2) is 0 Å². The fourth-order valence-electron chi connectivity index (χ4n) is 5.89. The maximum Gasteiger partial charge on any atom is 0.261 e. The van der Waals surface area contributed by atoms with E-state index >= 15 is 0 Å². The number of likely N-dealkylation sites (N-methyl/N-ethyl adjacent to an activating group) is 2. The fraction of sp³-hybridized carbons (Fsp3) is 0.167. The average molecular weight is 555 g/mol. The van der Waals surface area contributed by atoms with E-state index in [1.165, 1.54) is 0 Å². The Morgan fingerprint density at radius 1 is 0.476 bits per heavy atom. The van der Waals surface area contributed by atoms with Crippen molar-refractivity contribution < 1.29 is 9.59 Å². The zero-order chi connectivity index (χ0) is 29.4. The molecule has 210 valence electrons. The van der Waals surface area contributed by atoms with E-state index < -0.39 is 0 Å². The van der Waals surface area contributed by atoms with Gasteiger partial charge in [0.2, 0.25) is 0 Å². The van der Waals surface area contributed by atoms with Gasteiger partial charge < -0.3 is 19.6 Å². The molecule has 0 fully saturated rings. The van der Waals surface area contributed by atoms with Crippen molar-refractivity contribution in [2.75, 3.05) is 37.0 Å². The van der Waals surface area contributed by atoms with Crippen LogP contribution in [0.15, 0.2) is 120 Å². The van der Waals surface area contributed by atoms with Crippen LogP contribution in [0.4, 0.5) is 22.7 Å². The normalized spacial score (nSPS) is 14.7. The van der Waals surface area contributed by atoms with Crippen LogP contribution in [-0.4, -0.2) is 48.8 Å². The third kappa shape index (κ3) is 4.45. The first-order valence-electron chi connectivity index (χ1n) is 14.4. The van der Waals surface area contributed by atoms with Crippen molar-refractivity contribution >= 4 is 46.0 Å². The number of rotatable bonds is 8. The van der Waals surface area contributed by atoms with Crippen molar-refractivity contribution in [3.63, 3.8) is 0 Å². The summed E-state index contributed by atoms with van der Waals surface area (Å²) in [6.07, 6.45) is 0. The van der Waals surface area contributed by atoms with E-state index in [9.17, 15) is 9.59 Å². The molecule has 42 heavy (non-hydrogen) atoms. The van der Waals surface area contributed by atoms with E-state index in [2.05, 4.69) is 34.1 Å². The van der Waals surface area contributed by atoms with Crippen LogP contribution in [0.25, 0.3) is 11.4 Å². The van der Waals surface area contributed by atoms with E-state index in [1.807, 2.05) is 113 Å². The van der Waals surface area contributed by atoms with Gasteiger partial charge in [-0.05, 0) is 73.5 Å². The molecule has 2 amide bonds. The second-order valence-electron chi connectivity index (χ2n) is 10.4. The number of hydrogen-bond acceptors (Lipinski definition) is 4. The Morgan fingerprint density at radius 2 is 0.786 bits per heavy atom. The smallest absolute Gasteiger partial charge is 0.261 e. The summed E-state index contributed by atoms with van der Waals surface area (Å²) in [5.74, 6) is -0.254. The third-order valence-electron chi connectivity index (χ3n) is 8.16. The van der Waals surface area contributed by atoms with Crippen LogP contribution < -0.4 is 9.80 Å². The van der Waals surface area contributed by atoms with E-state index in [-0.39, 0.29) is 11.8 Å². The Balaban J connectivity index is 1.40. The van der Waals surface area contributed by atoms with Crippen LogP contribution in [0.1, 0.15) is 25.0 Å². The molecule has 6 nitrogen and oxygen atoms in total. The quantitative estimate of drug-likeness (QED) is 0.234. The van der Waals surface area contributed by atoms with E-state index in [0.29, 0.717) is 35.6 Å². The first kappa shape index (κ1) is 27.1. The number of nitrogens with zero attached hydrogens (tertiary/aromatic N) is 4. The highest BCUT2D eigenvalue weighted by atomic mass is 16.2. The van der Waals surface area contributed by atoms with Gasteiger partial charge in [0.05, 0.1) is 22.5 Å². The maximum atomic E-state index is 13.9. The van der Waals surface area contributed by atoms with E-state index in [1.54, 1.807) is 9.80 Å². The summed E-state index contributed by atoms with van der Waals surface area (Å²) in [6, 6.07) is 36.5. The number of carbonyl (C=O) groups is 2. The van der Waals surface area contributed by atoms with E-state index in [0.717, 1.165) is 33.9 Å². The third-order valence-corrected chi connectivity index (χ3v) is 8.16. The molecule has 4 aromatic rings. The molecule has 2 aliphatic heterocycles. The SMILES string of the molecule is CCN1C(=O)C2=C(c3ccc(N(C)c4ccccc4)cc3)N(CC)C(=O)C2=C1c1ccc(N(C)c2ccccc2)cc1. The average Bonchev–Trinajstić information content (AvgIpc) is 3.51. The Morgan fingerprint density at radius 3 is 1.10 bits per heavy atom. The summed E-state index contributed by atoms with van der Waals surface area (Å²) in [5, 5.41) is 0. The molecule has 0 aliphatic carbocycles. The molecule has 0 N–H and O–H groups in total. The van der Waals surface area contributed by atoms with Gasteiger partial charge in [-0.2, -0.15) is 0 Å². The number of benzene rings is 4. The molecule has 0 aromatic heterocycles. The Labute approximate surface area is 247 Å². The van der Waals surface area contributed by atoms with Crippen molar-refractivity contribution in [1.29, 1.82) is 0 Å². The summed E-state index contributed by atoms with van der Waals surface area (Å²) in [4.78, 5) is 35.6. The molecule has 6 rings (SSSR count). The number of carbonyl (C=O) groups excluding carboxylic acids is 2. The van der Waals surface area contributed by atoms with Gasteiger partial charge in [0.1, 0.15) is 0 Å². The monoisotopic (exact) mass is 554 g/mol. The molecule has 4 aromatic carbocycles. The van der Waals surface area contributed by atoms with Crippen LogP contribution in [0.2, 0.25) is 0 Å². The van der Waals surface area contributed by atoms with Crippen molar-refractivity contribution in [3.8, 4) is 0 Å². The van der Waals surface area contributed by atoms with Crippen LogP contribution in [0.5, 0.6) is 0 Å². The summed E-state index contributed by atoms with van der Waals surface area (Å²) in [6.45, 7) is 4.85. The van der Waals surface area contributed by atoms with Gasteiger partial charge in [-0.25, -0.2) is 0 Å². The minimum Gasteiger partial charge on any atom is -0.345 e. The van der Waals surface area contributed by atoms with Gasteiger partial charge in [-0.3, -0.25) is 9.59 Å². The molecule has 0 radical (unpaired) electrons. The van der Waals surface area contributed by atoms with Gasteiger partial charge in [-0.15, -0.1) is 0 Å². The van der Waals surface area contributed by atoms with Crippen molar-refractivity contribution in [1.82, 2.24) is 9.80 Å². The molecule has 2 aliphatic rings. The largest absolute Gasteiger partial charge is 0.345 e. The lowest BCUT2D eigenvalue weighted by Crippen LogP contribution is -2.29. The number of hydrogen-bond donors (Lipinski definition) is 0. The van der Waals surface area contributed by atoms with Gasteiger partial charge in [-0.1, -0.05) is 60.7 Å². The van der Waals surface area contributed by atoms with Crippen LogP contribution in [0.3, 0.4) is 0 Å². The van der Waals surface area contributed by atoms with Crippen molar-refractivity contribution in [3.05, 3.63) is 131 Å². The molecule has 0 atom stereocenters. The summed E-state index contributed by atoms with van der Waals surface area (Å²) in [5.41, 5.74) is 8.27. The summed E-state index contributed by atoms with van der Waals surface area (Å²) in [7, 11) is 4.05. The second-order valence-corrected chi connectivity index (χ2v) is 10.4. The predicted octanol–water partition coefficient (Wildman–Crippen LogP) is 7.07. The highest BCUT2D eigenvalue weighted by Crippen LogP contribution is 2.46. The molecule has 0 saturated heterocycles. The molecule has 0 saturated carbocycles. The Bertz CT molecular complexity index is 1560. The molecular weight excluding hydrogens is 520 g/mol. The van der Waals surface area contributed by atoms with Crippen molar-refractivity contribution in [2.45, 2.75) is 13.8 Å². The molecule has 6 heteroatoms. The molecule has 0 bridgehead atoms. The minimum atomic E-state index is -0.127. The van der Waals surface area contributed by atoms with Crippen molar-refractivity contribution in [2.24, 2.45) is 0 Å². The lowest BCUT2D eigenvalue weighted by atomic mass is 10.0. The Kier molecular flexibility index (Phi) is 7.13. The van der Waals surface area contributed by atoms with E-state index in [4.69, 9.17) is 0 Å². The van der Waals surface area contributed by atoms with Crippen LogP contribution >= 0.6 is 0 Å². The lowest BCUT2D eigenvalue weighted by Gasteiger charge is -2.25. The highest BCUT2D eigenvalue weighted by molar-refractivity contribution is 6.30. The molecular formula is C36H34N4O2. The minimum absolute atomic E-state index is 0.127. The number of anilines is 4. The predicted molar refractivity (Wildman–Crippen MR) is 171 cm³/mol. The number of para-hydroxylation sites is 2. The zero-order valence-corrected chi connectivity index (χ0v) is 24.4. The first-order chi connectivity index (χ1) is 20.4.